The summed E-state index contributed by atoms with van der Waals surface area (Å²) in [6.07, 6.45) is 1.09. The molecule has 0 bridgehead atoms. The Balaban J connectivity index is 2.27. The normalized spacial score (nSPS) is 18.8. The molecule has 1 aliphatic rings. The molecular weight excluding hydrogens is 239 g/mol. The van der Waals surface area contributed by atoms with Crippen LogP contribution < -0.4 is 5.32 Å². The third-order valence-electron chi connectivity index (χ3n) is 3.89. The van der Waals surface area contributed by atoms with Crippen molar-refractivity contribution in [2.45, 2.75) is 33.2 Å². The van der Waals surface area contributed by atoms with E-state index in [1.54, 1.807) is 12.1 Å². The molecule has 1 aliphatic heterocycles. The molecule has 19 heavy (non-hydrogen) atoms. The van der Waals surface area contributed by atoms with E-state index in [0.29, 0.717) is 12.0 Å². The fourth-order valence-electron chi connectivity index (χ4n) is 2.88. The fraction of sp³-hybridized carbons (Fsp3) is 0.625. The highest BCUT2D eigenvalue weighted by molar-refractivity contribution is 5.30. The van der Waals surface area contributed by atoms with Gasteiger partial charge in [-0.15, -0.1) is 0 Å². The molecule has 2 rings (SSSR count). The number of aryl methyl sites for hydroxylation is 1. The van der Waals surface area contributed by atoms with E-state index in [2.05, 4.69) is 31.0 Å². The second kappa shape index (κ2) is 6.49. The van der Waals surface area contributed by atoms with Gasteiger partial charge in [0.15, 0.2) is 0 Å². The lowest BCUT2D eigenvalue weighted by molar-refractivity contribution is 0.153. The van der Waals surface area contributed by atoms with Crippen molar-refractivity contribution in [3.63, 3.8) is 0 Å². The van der Waals surface area contributed by atoms with Gasteiger partial charge in [-0.1, -0.05) is 19.9 Å². The molecule has 3 heteroatoms. The van der Waals surface area contributed by atoms with Crippen LogP contribution in [0.4, 0.5) is 4.39 Å². The van der Waals surface area contributed by atoms with Gasteiger partial charge in [-0.05, 0) is 42.5 Å². The number of rotatable bonds is 4. The topological polar surface area (TPSA) is 15.3 Å². The van der Waals surface area contributed by atoms with Crippen molar-refractivity contribution in [3.8, 4) is 0 Å². The highest BCUT2D eigenvalue weighted by atomic mass is 19.1. The van der Waals surface area contributed by atoms with Crippen LogP contribution in [0.5, 0.6) is 0 Å². The van der Waals surface area contributed by atoms with Crippen LogP contribution in [-0.2, 0) is 0 Å². The van der Waals surface area contributed by atoms with Gasteiger partial charge in [-0.3, -0.25) is 4.90 Å². The number of halogens is 1. The minimum Gasteiger partial charge on any atom is -0.314 e. The number of hydrogen-bond donors (Lipinski definition) is 1. The molecule has 1 fully saturated rings. The first-order valence-electron chi connectivity index (χ1n) is 7.28. The monoisotopic (exact) mass is 264 g/mol. The first-order chi connectivity index (χ1) is 9.08. The number of nitrogens with one attached hydrogen (secondary N) is 1. The largest absolute Gasteiger partial charge is 0.314 e. The van der Waals surface area contributed by atoms with Crippen LogP contribution in [0.1, 0.15) is 37.4 Å². The van der Waals surface area contributed by atoms with E-state index in [-0.39, 0.29) is 5.82 Å². The number of piperazine rings is 1. The van der Waals surface area contributed by atoms with Gasteiger partial charge in [-0.2, -0.15) is 0 Å². The molecule has 1 N–H and O–H groups in total. The highest BCUT2D eigenvalue weighted by Crippen LogP contribution is 2.30. The maximum absolute atomic E-state index is 13.6. The average Bonchev–Trinajstić information content (AvgIpc) is 2.40. The molecule has 0 spiro atoms. The molecule has 1 aromatic carbocycles. The lowest BCUT2D eigenvalue weighted by atomic mass is 9.92. The molecule has 106 valence electrons. The van der Waals surface area contributed by atoms with Crippen molar-refractivity contribution in [2.75, 3.05) is 26.2 Å². The molecule has 1 heterocycles. The molecule has 0 saturated carbocycles. The Morgan fingerprint density at radius 3 is 2.58 bits per heavy atom. The van der Waals surface area contributed by atoms with Gasteiger partial charge >= 0.3 is 0 Å². The van der Waals surface area contributed by atoms with Gasteiger partial charge < -0.3 is 5.32 Å². The zero-order chi connectivity index (χ0) is 13.8. The minimum atomic E-state index is -0.121. The Kier molecular flexibility index (Phi) is 4.94. The lowest BCUT2D eigenvalue weighted by Gasteiger charge is -2.37. The molecule has 0 radical (unpaired) electrons. The summed E-state index contributed by atoms with van der Waals surface area (Å²) in [5.41, 5.74) is 2.36. The van der Waals surface area contributed by atoms with Crippen LogP contribution in [0.15, 0.2) is 18.2 Å². The molecular formula is C16H25FN2. The van der Waals surface area contributed by atoms with Gasteiger partial charge in [0.05, 0.1) is 0 Å². The quantitative estimate of drug-likeness (QED) is 0.899. The van der Waals surface area contributed by atoms with Crippen LogP contribution in [0.25, 0.3) is 0 Å². The van der Waals surface area contributed by atoms with Crippen molar-refractivity contribution in [1.82, 2.24) is 10.2 Å². The third kappa shape index (κ3) is 3.77. The Bertz CT molecular complexity index is 411. The van der Waals surface area contributed by atoms with Gasteiger partial charge in [0.25, 0.3) is 0 Å². The van der Waals surface area contributed by atoms with Gasteiger partial charge in [0.1, 0.15) is 5.82 Å². The van der Waals surface area contributed by atoms with Crippen molar-refractivity contribution in [2.24, 2.45) is 5.92 Å². The number of hydrogen-bond acceptors (Lipinski definition) is 2. The van der Waals surface area contributed by atoms with E-state index < -0.39 is 0 Å². The minimum absolute atomic E-state index is 0.121. The molecule has 1 aromatic rings. The summed E-state index contributed by atoms with van der Waals surface area (Å²) in [6, 6.07) is 5.53. The second-order valence-corrected chi connectivity index (χ2v) is 5.93. The van der Waals surface area contributed by atoms with E-state index in [1.165, 1.54) is 5.56 Å². The second-order valence-electron chi connectivity index (χ2n) is 5.93. The Morgan fingerprint density at radius 1 is 1.26 bits per heavy atom. The lowest BCUT2D eigenvalue weighted by Crippen LogP contribution is -2.45. The van der Waals surface area contributed by atoms with Gasteiger partial charge in [-0.25, -0.2) is 4.39 Å². The summed E-state index contributed by atoms with van der Waals surface area (Å²) < 4.78 is 13.6. The van der Waals surface area contributed by atoms with Crippen molar-refractivity contribution >= 4 is 0 Å². The van der Waals surface area contributed by atoms with Crippen LogP contribution in [0.3, 0.4) is 0 Å². The zero-order valence-corrected chi connectivity index (χ0v) is 12.2. The molecule has 2 nitrogen and oxygen atoms in total. The Labute approximate surface area is 116 Å². The maximum atomic E-state index is 13.6. The van der Waals surface area contributed by atoms with E-state index in [1.807, 2.05) is 6.07 Å². The summed E-state index contributed by atoms with van der Waals surface area (Å²) in [5, 5.41) is 3.38. The molecule has 0 amide bonds. The molecule has 1 atom stereocenters. The van der Waals surface area contributed by atoms with Crippen molar-refractivity contribution in [1.29, 1.82) is 0 Å². The zero-order valence-electron chi connectivity index (χ0n) is 12.2. The van der Waals surface area contributed by atoms with E-state index in [9.17, 15) is 4.39 Å². The smallest absolute Gasteiger partial charge is 0.123 e. The molecule has 0 aliphatic carbocycles. The molecule has 1 saturated heterocycles. The average molecular weight is 264 g/mol. The third-order valence-corrected chi connectivity index (χ3v) is 3.89. The first-order valence-corrected chi connectivity index (χ1v) is 7.28. The number of benzene rings is 1. The van der Waals surface area contributed by atoms with E-state index in [4.69, 9.17) is 0 Å². The van der Waals surface area contributed by atoms with Crippen LogP contribution in [-0.4, -0.2) is 31.1 Å². The van der Waals surface area contributed by atoms with Crippen molar-refractivity contribution < 1.29 is 4.39 Å². The molecule has 0 unspecified atom stereocenters. The predicted octanol–water partition coefficient (Wildman–Crippen LogP) is 3.13. The SMILES string of the molecule is Cc1ccc(F)cc1[C@H](CC(C)C)N1CCNCC1. The number of nitrogens with zero attached hydrogens (tertiary/aromatic N) is 1. The molecule has 0 aromatic heterocycles. The van der Waals surface area contributed by atoms with E-state index >= 15 is 0 Å². The maximum Gasteiger partial charge on any atom is 0.123 e. The summed E-state index contributed by atoms with van der Waals surface area (Å²) >= 11 is 0. The fourth-order valence-corrected chi connectivity index (χ4v) is 2.88. The Hall–Kier alpha value is -0.930. The van der Waals surface area contributed by atoms with E-state index in [0.717, 1.165) is 38.2 Å². The standard InChI is InChI=1S/C16H25FN2/c1-12(2)10-16(19-8-6-18-7-9-19)15-11-14(17)5-4-13(15)3/h4-5,11-12,16,18H,6-10H2,1-3H3/t16-/m0/s1. The van der Waals surface area contributed by atoms with Crippen LogP contribution >= 0.6 is 0 Å². The first kappa shape index (κ1) is 14.5. The van der Waals surface area contributed by atoms with Gasteiger partial charge in [0, 0.05) is 32.2 Å². The highest BCUT2D eigenvalue weighted by Gasteiger charge is 2.24. The van der Waals surface area contributed by atoms with Crippen molar-refractivity contribution in [3.05, 3.63) is 35.1 Å². The predicted molar refractivity (Wildman–Crippen MR) is 77.8 cm³/mol. The summed E-state index contributed by atoms with van der Waals surface area (Å²) in [4.78, 5) is 2.50. The summed E-state index contributed by atoms with van der Waals surface area (Å²) in [7, 11) is 0. The summed E-state index contributed by atoms with van der Waals surface area (Å²) in [6.45, 7) is 10.7. The van der Waals surface area contributed by atoms with Gasteiger partial charge in [0.2, 0.25) is 0 Å². The van der Waals surface area contributed by atoms with Crippen LogP contribution in [0.2, 0.25) is 0 Å². The summed E-state index contributed by atoms with van der Waals surface area (Å²) in [5.74, 6) is 0.493. The van der Waals surface area contributed by atoms with Crippen LogP contribution in [0, 0.1) is 18.7 Å². The Morgan fingerprint density at radius 2 is 1.95 bits per heavy atom.